The fourth-order valence-corrected chi connectivity index (χ4v) is 2.61. The van der Waals surface area contributed by atoms with E-state index in [1.54, 1.807) is 0 Å². The average Bonchev–Trinajstić information content (AvgIpc) is 2.37. The summed E-state index contributed by atoms with van der Waals surface area (Å²) in [5.41, 5.74) is 2.48. The Morgan fingerprint density at radius 2 is 1.94 bits per heavy atom. The number of hydrogen-bond donors (Lipinski definition) is 1. The van der Waals surface area contributed by atoms with Gasteiger partial charge in [0, 0.05) is 49.4 Å². The molecule has 0 aliphatic carbocycles. The highest BCUT2D eigenvalue weighted by Gasteiger charge is 2.12. The van der Waals surface area contributed by atoms with Crippen LogP contribution < -0.4 is 5.32 Å². The predicted octanol–water partition coefficient (Wildman–Crippen LogP) is 2.42. The van der Waals surface area contributed by atoms with E-state index in [2.05, 4.69) is 63.2 Å². The highest BCUT2D eigenvalue weighted by atomic mass is 79.9. The molecule has 18 heavy (non-hydrogen) atoms. The van der Waals surface area contributed by atoms with Crippen LogP contribution in [0.25, 0.3) is 0 Å². The van der Waals surface area contributed by atoms with Gasteiger partial charge < -0.3 is 10.2 Å². The lowest BCUT2D eigenvalue weighted by Crippen LogP contribution is -2.45. The number of likely N-dealkylation sites (N-methyl/N-ethyl adjacent to an activating group) is 1. The summed E-state index contributed by atoms with van der Waals surface area (Å²) in [6, 6.07) is 6.34. The highest BCUT2D eigenvalue weighted by Crippen LogP contribution is 2.25. The quantitative estimate of drug-likeness (QED) is 0.921. The largest absolute Gasteiger partial charge is 0.383 e. The summed E-state index contributed by atoms with van der Waals surface area (Å²) >= 11 is 3.63. The monoisotopic (exact) mass is 311 g/mol. The summed E-state index contributed by atoms with van der Waals surface area (Å²) < 4.78 is 1.18. The van der Waals surface area contributed by atoms with Gasteiger partial charge in [0.25, 0.3) is 0 Å². The Hall–Kier alpha value is -0.580. The van der Waals surface area contributed by atoms with Crippen molar-refractivity contribution in [2.24, 2.45) is 0 Å². The van der Waals surface area contributed by atoms with Crippen molar-refractivity contribution in [2.75, 3.05) is 51.6 Å². The summed E-state index contributed by atoms with van der Waals surface area (Å²) in [7, 11) is 2.19. The molecular weight excluding hydrogens is 290 g/mol. The lowest BCUT2D eigenvalue weighted by molar-refractivity contribution is 0.158. The van der Waals surface area contributed by atoms with E-state index in [0.29, 0.717) is 0 Å². The lowest BCUT2D eigenvalue weighted by Gasteiger charge is -2.32. The zero-order valence-corrected chi connectivity index (χ0v) is 12.8. The number of rotatable bonds is 4. The van der Waals surface area contributed by atoms with Crippen LogP contribution in [0.1, 0.15) is 5.56 Å². The second-order valence-corrected chi connectivity index (χ2v) is 5.80. The fourth-order valence-electron chi connectivity index (χ4n) is 2.20. The predicted molar refractivity (Wildman–Crippen MR) is 81.3 cm³/mol. The molecule has 0 spiro atoms. The van der Waals surface area contributed by atoms with E-state index < -0.39 is 0 Å². The first-order chi connectivity index (χ1) is 8.66. The molecule has 1 aliphatic rings. The molecule has 0 unspecified atom stereocenters. The number of aryl methyl sites for hydroxylation is 1. The topological polar surface area (TPSA) is 18.5 Å². The smallest absolute Gasteiger partial charge is 0.0487 e. The molecule has 4 heteroatoms. The van der Waals surface area contributed by atoms with Crippen molar-refractivity contribution in [3.05, 3.63) is 28.2 Å². The molecule has 1 heterocycles. The van der Waals surface area contributed by atoms with Crippen LogP contribution in [0.15, 0.2) is 22.7 Å². The first-order valence-electron chi connectivity index (χ1n) is 6.56. The third kappa shape index (κ3) is 3.70. The minimum Gasteiger partial charge on any atom is -0.383 e. The summed E-state index contributed by atoms with van der Waals surface area (Å²) in [5.74, 6) is 0. The van der Waals surface area contributed by atoms with Crippen molar-refractivity contribution in [2.45, 2.75) is 6.92 Å². The Balaban J connectivity index is 1.77. The molecule has 0 radical (unpaired) electrons. The van der Waals surface area contributed by atoms with Crippen LogP contribution in [0.2, 0.25) is 0 Å². The van der Waals surface area contributed by atoms with E-state index in [0.717, 1.165) is 13.1 Å². The van der Waals surface area contributed by atoms with Gasteiger partial charge in [0.1, 0.15) is 0 Å². The van der Waals surface area contributed by atoms with Gasteiger partial charge in [-0.1, -0.05) is 12.1 Å². The van der Waals surface area contributed by atoms with Crippen molar-refractivity contribution < 1.29 is 0 Å². The standard InChI is InChI=1S/C14H22BrN3/c1-12-4-3-5-13(14(12)15)16-6-7-18-10-8-17(2)9-11-18/h3-5,16H,6-11H2,1-2H3. The van der Waals surface area contributed by atoms with Crippen LogP contribution in [0.5, 0.6) is 0 Å². The molecule has 1 aromatic rings. The third-order valence-electron chi connectivity index (χ3n) is 3.53. The second-order valence-electron chi connectivity index (χ2n) is 5.01. The second kappa shape index (κ2) is 6.55. The maximum atomic E-state index is 3.63. The summed E-state index contributed by atoms with van der Waals surface area (Å²) in [6.07, 6.45) is 0. The van der Waals surface area contributed by atoms with Crippen LogP contribution in [-0.2, 0) is 0 Å². The molecule has 1 N–H and O–H groups in total. The summed E-state index contributed by atoms with van der Waals surface area (Å²) in [4.78, 5) is 4.91. The van der Waals surface area contributed by atoms with Crippen LogP contribution in [0, 0.1) is 6.92 Å². The Morgan fingerprint density at radius 1 is 1.22 bits per heavy atom. The van der Waals surface area contributed by atoms with Gasteiger partial charge in [0.2, 0.25) is 0 Å². The van der Waals surface area contributed by atoms with E-state index in [1.165, 1.54) is 41.9 Å². The Bertz CT molecular complexity index is 387. The minimum absolute atomic E-state index is 1.01. The Labute approximate surface area is 118 Å². The van der Waals surface area contributed by atoms with Gasteiger partial charge in [-0.15, -0.1) is 0 Å². The van der Waals surface area contributed by atoms with Crippen molar-refractivity contribution in [1.82, 2.24) is 9.80 Å². The molecule has 0 saturated carbocycles. The van der Waals surface area contributed by atoms with Gasteiger partial charge >= 0.3 is 0 Å². The van der Waals surface area contributed by atoms with Gasteiger partial charge in [-0.2, -0.15) is 0 Å². The first kappa shape index (κ1) is 13.8. The van der Waals surface area contributed by atoms with Crippen LogP contribution in [-0.4, -0.2) is 56.1 Å². The van der Waals surface area contributed by atoms with Gasteiger partial charge in [-0.3, -0.25) is 4.90 Å². The minimum atomic E-state index is 1.01. The normalized spacial score (nSPS) is 17.9. The van der Waals surface area contributed by atoms with Crippen molar-refractivity contribution >= 4 is 21.6 Å². The molecule has 0 aromatic heterocycles. The first-order valence-corrected chi connectivity index (χ1v) is 7.36. The lowest BCUT2D eigenvalue weighted by atomic mass is 10.2. The van der Waals surface area contributed by atoms with Crippen LogP contribution in [0.3, 0.4) is 0 Å². The van der Waals surface area contributed by atoms with Gasteiger partial charge in [0.05, 0.1) is 0 Å². The number of nitrogens with one attached hydrogen (secondary N) is 1. The fraction of sp³-hybridized carbons (Fsp3) is 0.571. The molecule has 1 aromatic carbocycles. The Kier molecular flexibility index (Phi) is 5.03. The number of halogens is 1. The van der Waals surface area contributed by atoms with E-state index >= 15 is 0 Å². The maximum absolute atomic E-state index is 3.63. The van der Waals surface area contributed by atoms with Crippen LogP contribution >= 0.6 is 15.9 Å². The van der Waals surface area contributed by atoms with Gasteiger partial charge in [-0.05, 0) is 41.5 Å². The van der Waals surface area contributed by atoms with Gasteiger partial charge in [-0.25, -0.2) is 0 Å². The molecule has 1 aliphatic heterocycles. The summed E-state index contributed by atoms with van der Waals surface area (Å²) in [5, 5.41) is 3.51. The molecule has 1 fully saturated rings. The number of nitrogens with zero attached hydrogens (tertiary/aromatic N) is 2. The third-order valence-corrected chi connectivity index (χ3v) is 4.58. The van der Waals surface area contributed by atoms with Crippen molar-refractivity contribution in [1.29, 1.82) is 0 Å². The summed E-state index contributed by atoms with van der Waals surface area (Å²) in [6.45, 7) is 9.00. The van der Waals surface area contributed by atoms with E-state index in [9.17, 15) is 0 Å². The Morgan fingerprint density at radius 3 is 2.67 bits per heavy atom. The number of anilines is 1. The van der Waals surface area contributed by atoms with E-state index in [4.69, 9.17) is 0 Å². The van der Waals surface area contributed by atoms with E-state index in [1.807, 2.05) is 0 Å². The number of benzene rings is 1. The van der Waals surface area contributed by atoms with Gasteiger partial charge in [0.15, 0.2) is 0 Å². The molecule has 0 bridgehead atoms. The molecule has 100 valence electrons. The van der Waals surface area contributed by atoms with Crippen LogP contribution in [0.4, 0.5) is 5.69 Å². The SMILES string of the molecule is Cc1cccc(NCCN2CCN(C)CC2)c1Br. The maximum Gasteiger partial charge on any atom is 0.0487 e. The molecule has 3 nitrogen and oxygen atoms in total. The number of piperazine rings is 1. The zero-order chi connectivity index (χ0) is 13.0. The average molecular weight is 312 g/mol. The molecule has 1 saturated heterocycles. The zero-order valence-electron chi connectivity index (χ0n) is 11.2. The molecule has 0 amide bonds. The highest BCUT2D eigenvalue weighted by molar-refractivity contribution is 9.10. The van der Waals surface area contributed by atoms with Crippen molar-refractivity contribution in [3.63, 3.8) is 0 Å². The molecular formula is C14H22BrN3. The van der Waals surface area contributed by atoms with E-state index in [-0.39, 0.29) is 0 Å². The van der Waals surface area contributed by atoms with Crippen molar-refractivity contribution in [3.8, 4) is 0 Å². The molecule has 0 atom stereocenters. The number of hydrogen-bond acceptors (Lipinski definition) is 3. The molecule has 2 rings (SSSR count).